The van der Waals surface area contributed by atoms with Gasteiger partial charge in [0.15, 0.2) is 0 Å². The zero-order valence-electron chi connectivity index (χ0n) is 11.7. The van der Waals surface area contributed by atoms with Gasteiger partial charge in [-0.1, -0.05) is 12.8 Å². The first-order valence-corrected chi connectivity index (χ1v) is 6.65. The van der Waals surface area contributed by atoms with Crippen molar-refractivity contribution in [3.63, 3.8) is 0 Å². The molecule has 0 aromatic heterocycles. The quantitative estimate of drug-likeness (QED) is 0.720. The van der Waals surface area contributed by atoms with Crippen LogP contribution < -0.4 is 10.6 Å². The number of carbonyl (C=O) groups is 2. The third-order valence-electron chi connectivity index (χ3n) is 3.65. The summed E-state index contributed by atoms with van der Waals surface area (Å²) in [6, 6.07) is 0. The van der Waals surface area contributed by atoms with Crippen LogP contribution in [0.25, 0.3) is 0 Å². The van der Waals surface area contributed by atoms with Crippen molar-refractivity contribution in [3.8, 4) is 0 Å². The van der Waals surface area contributed by atoms with Gasteiger partial charge in [0.25, 0.3) is 0 Å². The van der Waals surface area contributed by atoms with Gasteiger partial charge in [-0.15, -0.1) is 0 Å². The van der Waals surface area contributed by atoms with E-state index in [1.54, 1.807) is 19.0 Å². The van der Waals surface area contributed by atoms with Crippen LogP contribution in [0, 0.1) is 5.41 Å². The topological polar surface area (TPSA) is 61.4 Å². The second kappa shape index (κ2) is 6.73. The molecule has 0 bridgehead atoms. The standard InChI is InChI=1S/C13H25N3O2/c1-14-9-6-11(17)15-10-13(7-4-5-8-13)12(18)16(2)3/h14H,4-10H2,1-3H3,(H,15,17). The largest absolute Gasteiger partial charge is 0.355 e. The second-order valence-electron chi connectivity index (χ2n) is 5.32. The second-order valence-corrected chi connectivity index (χ2v) is 5.32. The predicted octanol–water partition coefficient (Wildman–Crippen LogP) is 0.361. The lowest BCUT2D eigenvalue weighted by Gasteiger charge is -2.30. The fourth-order valence-corrected chi connectivity index (χ4v) is 2.59. The normalized spacial score (nSPS) is 17.5. The van der Waals surface area contributed by atoms with Gasteiger partial charge >= 0.3 is 0 Å². The minimum atomic E-state index is -0.362. The molecule has 18 heavy (non-hydrogen) atoms. The highest BCUT2D eigenvalue weighted by Gasteiger charge is 2.42. The van der Waals surface area contributed by atoms with E-state index in [0.717, 1.165) is 25.7 Å². The number of carbonyl (C=O) groups excluding carboxylic acids is 2. The molecule has 0 atom stereocenters. The van der Waals surface area contributed by atoms with Crippen molar-refractivity contribution < 1.29 is 9.59 Å². The summed E-state index contributed by atoms with van der Waals surface area (Å²) in [5.74, 6) is 0.163. The van der Waals surface area contributed by atoms with Crippen LogP contribution in [0.4, 0.5) is 0 Å². The first kappa shape index (κ1) is 15.0. The molecule has 1 aliphatic carbocycles. The maximum atomic E-state index is 12.3. The maximum Gasteiger partial charge on any atom is 0.230 e. The molecule has 0 aromatic rings. The molecule has 5 nitrogen and oxygen atoms in total. The minimum absolute atomic E-state index is 0.0159. The predicted molar refractivity (Wildman–Crippen MR) is 71.1 cm³/mol. The molecule has 1 saturated carbocycles. The lowest BCUT2D eigenvalue weighted by molar-refractivity contribution is -0.139. The summed E-state index contributed by atoms with van der Waals surface area (Å²) in [5, 5.41) is 5.85. The molecule has 2 N–H and O–H groups in total. The number of hydrogen-bond donors (Lipinski definition) is 2. The van der Waals surface area contributed by atoms with Gasteiger partial charge in [0, 0.05) is 33.6 Å². The lowest BCUT2D eigenvalue weighted by Crippen LogP contribution is -2.46. The van der Waals surface area contributed by atoms with E-state index in [4.69, 9.17) is 0 Å². The van der Waals surface area contributed by atoms with E-state index in [2.05, 4.69) is 10.6 Å². The van der Waals surface area contributed by atoms with Crippen molar-refractivity contribution in [3.05, 3.63) is 0 Å². The molecule has 2 amide bonds. The van der Waals surface area contributed by atoms with Gasteiger partial charge in [-0.3, -0.25) is 9.59 Å². The monoisotopic (exact) mass is 255 g/mol. The van der Waals surface area contributed by atoms with Crippen molar-refractivity contribution in [1.82, 2.24) is 15.5 Å². The maximum absolute atomic E-state index is 12.3. The van der Waals surface area contributed by atoms with E-state index in [1.807, 2.05) is 7.05 Å². The van der Waals surface area contributed by atoms with E-state index in [-0.39, 0.29) is 17.2 Å². The van der Waals surface area contributed by atoms with Crippen molar-refractivity contribution in [1.29, 1.82) is 0 Å². The van der Waals surface area contributed by atoms with Crippen LogP contribution >= 0.6 is 0 Å². The van der Waals surface area contributed by atoms with Gasteiger partial charge in [0.2, 0.25) is 11.8 Å². The Morgan fingerprint density at radius 1 is 1.22 bits per heavy atom. The lowest BCUT2D eigenvalue weighted by atomic mass is 9.84. The summed E-state index contributed by atoms with van der Waals surface area (Å²) in [6.45, 7) is 1.15. The Morgan fingerprint density at radius 2 is 1.83 bits per heavy atom. The van der Waals surface area contributed by atoms with Crippen LogP contribution in [-0.2, 0) is 9.59 Å². The van der Waals surface area contributed by atoms with Crippen molar-refractivity contribution >= 4 is 11.8 Å². The Bertz CT molecular complexity index is 297. The SMILES string of the molecule is CNCCC(=O)NCC1(C(=O)N(C)C)CCCC1. The molecule has 5 heteroatoms. The van der Waals surface area contributed by atoms with Gasteiger partial charge in [0.05, 0.1) is 5.41 Å². The van der Waals surface area contributed by atoms with E-state index in [1.165, 1.54) is 0 Å². The molecule has 0 heterocycles. The molecular formula is C13H25N3O2. The minimum Gasteiger partial charge on any atom is -0.355 e. The summed E-state index contributed by atoms with van der Waals surface area (Å²) < 4.78 is 0. The Balaban J connectivity index is 2.53. The molecule has 0 radical (unpaired) electrons. The van der Waals surface area contributed by atoms with Gasteiger partial charge in [-0.2, -0.15) is 0 Å². The third-order valence-corrected chi connectivity index (χ3v) is 3.65. The van der Waals surface area contributed by atoms with Crippen LogP contribution in [0.15, 0.2) is 0 Å². The van der Waals surface area contributed by atoms with Crippen molar-refractivity contribution in [2.45, 2.75) is 32.1 Å². The highest BCUT2D eigenvalue weighted by Crippen LogP contribution is 2.38. The zero-order chi connectivity index (χ0) is 13.6. The van der Waals surface area contributed by atoms with E-state index in [0.29, 0.717) is 19.5 Å². The fraction of sp³-hybridized carbons (Fsp3) is 0.846. The van der Waals surface area contributed by atoms with Crippen LogP contribution in [0.3, 0.4) is 0 Å². The molecule has 0 saturated heterocycles. The van der Waals surface area contributed by atoms with Crippen molar-refractivity contribution in [2.24, 2.45) is 5.41 Å². The molecule has 1 fully saturated rings. The van der Waals surface area contributed by atoms with E-state index < -0.39 is 0 Å². The first-order valence-electron chi connectivity index (χ1n) is 6.65. The summed E-state index contributed by atoms with van der Waals surface area (Å²) in [7, 11) is 5.39. The Labute approximate surface area is 109 Å². The molecule has 0 unspecified atom stereocenters. The van der Waals surface area contributed by atoms with Crippen molar-refractivity contribution in [2.75, 3.05) is 34.2 Å². The number of nitrogens with one attached hydrogen (secondary N) is 2. The van der Waals surface area contributed by atoms with Gasteiger partial charge in [-0.25, -0.2) is 0 Å². The average Bonchev–Trinajstić information content (AvgIpc) is 2.82. The highest BCUT2D eigenvalue weighted by molar-refractivity contribution is 5.84. The van der Waals surface area contributed by atoms with Crippen LogP contribution in [0.1, 0.15) is 32.1 Å². The van der Waals surface area contributed by atoms with Gasteiger partial charge in [0.1, 0.15) is 0 Å². The fourth-order valence-electron chi connectivity index (χ4n) is 2.59. The van der Waals surface area contributed by atoms with Gasteiger partial charge in [-0.05, 0) is 19.9 Å². The molecule has 104 valence electrons. The van der Waals surface area contributed by atoms with Crippen LogP contribution in [0.2, 0.25) is 0 Å². The van der Waals surface area contributed by atoms with E-state index in [9.17, 15) is 9.59 Å². The third kappa shape index (κ3) is 3.70. The van der Waals surface area contributed by atoms with Crippen LogP contribution in [-0.4, -0.2) is 50.9 Å². The van der Waals surface area contributed by atoms with Gasteiger partial charge < -0.3 is 15.5 Å². The summed E-state index contributed by atoms with van der Waals surface area (Å²) >= 11 is 0. The summed E-state index contributed by atoms with van der Waals surface area (Å²) in [4.78, 5) is 25.5. The molecule has 1 rings (SSSR count). The molecule has 0 aliphatic heterocycles. The van der Waals surface area contributed by atoms with Crippen LogP contribution in [0.5, 0.6) is 0 Å². The molecule has 0 aromatic carbocycles. The molecule has 0 spiro atoms. The smallest absolute Gasteiger partial charge is 0.230 e. The first-order chi connectivity index (χ1) is 8.52. The number of nitrogens with zero attached hydrogens (tertiary/aromatic N) is 1. The zero-order valence-corrected chi connectivity index (χ0v) is 11.7. The average molecular weight is 255 g/mol. The molecular weight excluding hydrogens is 230 g/mol. The summed E-state index contributed by atoms with van der Waals surface area (Å²) in [6.07, 6.45) is 4.38. The Kier molecular flexibility index (Phi) is 5.59. The highest BCUT2D eigenvalue weighted by atomic mass is 16.2. The number of hydrogen-bond acceptors (Lipinski definition) is 3. The Hall–Kier alpha value is -1.10. The Morgan fingerprint density at radius 3 is 2.33 bits per heavy atom. The number of amides is 2. The molecule has 1 aliphatic rings. The van der Waals surface area contributed by atoms with E-state index >= 15 is 0 Å². The summed E-state index contributed by atoms with van der Waals surface area (Å²) in [5.41, 5.74) is -0.362. The number of rotatable bonds is 6.